The largest absolute Gasteiger partial charge is 0.480 e. The van der Waals surface area contributed by atoms with Crippen LogP contribution in [0.25, 0.3) is 11.2 Å². The number of hydrogen-bond donors (Lipinski definition) is 2. The van der Waals surface area contributed by atoms with E-state index in [0.29, 0.717) is 18.1 Å². The van der Waals surface area contributed by atoms with Crippen LogP contribution in [0.15, 0.2) is 6.07 Å². The summed E-state index contributed by atoms with van der Waals surface area (Å²) in [6.07, 6.45) is -6.13. The maximum absolute atomic E-state index is 12.8. The second-order valence-corrected chi connectivity index (χ2v) is 7.67. The molecule has 0 aliphatic rings. The Balaban J connectivity index is 2.48. The molecule has 7 nitrogen and oxygen atoms in total. The van der Waals surface area contributed by atoms with Gasteiger partial charge < -0.3 is 9.84 Å². The zero-order valence-corrected chi connectivity index (χ0v) is 16.2. The molecule has 27 heavy (non-hydrogen) atoms. The number of nitrogens with zero attached hydrogens (tertiary/aromatic N) is 3. The molecule has 150 valence electrons. The molecule has 1 amide bonds. The molecule has 0 saturated heterocycles. The highest BCUT2D eigenvalue weighted by Gasteiger charge is 2.51. The first-order chi connectivity index (χ1) is 12.2. The van der Waals surface area contributed by atoms with E-state index in [4.69, 9.17) is 16.3 Å². The van der Waals surface area contributed by atoms with Crippen molar-refractivity contribution in [2.75, 3.05) is 12.4 Å². The van der Waals surface area contributed by atoms with Gasteiger partial charge in [-0.25, -0.2) is 4.98 Å². The fourth-order valence-corrected chi connectivity index (χ4v) is 2.63. The molecular formula is C16H20ClF3N4O3. The molecule has 0 radical (unpaired) electrons. The highest BCUT2D eigenvalue weighted by Crippen LogP contribution is 2.34. The maximum atomic E-state index is 12.8. The van der Waals surface area contributed by atoms with Crippen molar-refractivity contribution in [2.24, 2.45) is 0 Å². The molecule has 0 bridgehead atoms. The highest BCUT2D eigenvalue weighted by atomic mass is 35.5. The first-order valence-electron chi connectivity index (χ1n) is 7.90. The Labute approximate surface area is 158 Å². The zero-order chi connectivity index (χ0) is 20.8. The number of aromatic nitrogens is 3. The molecule has 1 unspecified atom stereocenters. The smallest absolute Gasteiger partial charge is 0.417 e. The number of alkyl halides is 3. The van der Waals surface area contributed by atoms with E-state index in [-0.39, 0.29) is 16.9 Å². The summed E-state index contributed by atoms with van der Waals surface area (Å²) in [4.78, 5) is 20.6. The Morgan fingerprint density at radius 2 is 1.89 bits per heavy atom. The predicted octanol–water partition coefficient (Wildman–Crippen LogP) is 3.49. The molecule has 2 rings (SSSR count). The molecule has 2 N–H and O–H groups in total. The molecule has 0 aromatic carbocycles. The molecule has 11 heteroatoms. The van der Waals surface area contributed by atoms with Crippen molar-refractivity contribution in [1.82, 2.24) is 14.5 Å². The number of fused-ring (bicyclic) bond motifs is 1. The van der Waals surface area contributed by atoms with Crippen molar-refractivity contribution in [3.05, 3.63) is 11.1 Å². The van der Waals surface area contributed by atoms with E-state index >= 15 is 0 Å². The molecule has 0 fully saturated rings. The molecule has 0 spiro atoms. The molecular weight excluding hydrogens is 389 g/mol. The van der Waals surface area contributed by atoms with E-state index in [1.807, 2.05) is 0 Å². The first kappa shape index (κ1) is 21.2. The molecule has 0 aliphatic heterocycles. The van der Waals surface area contributed by atoms with Crippen LogP contribution in [0.2, 0.25) is 5.02 Å². The van der Waals surface area contributed by atoms with Crippen LogP contribution in [0.3, 0.4) is 0 Å². The summed E-state index contributed by atoms with van der Waals surface area (Å²) < 4.78 is 45.0. The van der Waals surface area contributed by atoms with E-state index in [1.165, 1.54) is 13.2 Å². The summed E-state index contributed by atoms with van der Waals surface area (Å²) in [5, 5.41) is 12.0. The lowest BCUT2D eigenvalue weighted by molar-refractivity contribution is -0.253. The minimum absolute atomic E-state index is 0.0164. The number of halogens is 4. The summed E-state index contributed by atoms with van der Waals surface area (Å²) in [5.74, 6) is -0.916. The van der Waals surface area contributed by atoms with Gasteiger partial charge in [-0.05, 0) is 33.8 Å². The summed E-state index contributed by atoms with van der Waals surface area (Å²) >= 11 is 6.04. The van der Waals surface area contributed by atoms with Gasteiger partial charge >= 0.3 is 6.18 Å². The van der Waals surface area contributed by atoms with E-state index in [0.717, 1.165) is 0 Å². The minimum Gasteiger partial charge on any atom is -0.480 e. The van der Waals surface area contributed by atoms with Crippen LogP contribution in [-0.2, 0) is 10.3 Å². The number of methoxy groups -OCH3 is 1. The monoisotopic (exact) mass is 408 g/mol. The zero-order valence-electron chi connectivity index (χ0n) is 15.4. The quantitative estimate of drug-likeness (QED) is 0.808. The molecule has 1 atom stereocenters. The number of carbonyl (C=O) groups is 1. The van der Waals surface area contributed by atoms with Gasteiger partial charge in [0.05, 0.1) is 13.5 Å². The van der Waals surface area contributed by atoms with Gasteiger partial charge in [0.2, 0.25) is 17.7 Å². The van der Waals surface area contributed by atoms with Gasteiger partial charge in [0.25, 0.3) is 0 Å². The van der Waals surface area contributed by atoms with Crippen molar-refractivity contribution < 1.29 is 27.8 Å². The Bertz CT molecular complexity index is 872. The van der Waals surface area contributed by atoms with Crippen molar-refractivity contribution in [3.63, 3.8) is 0 Å². The van der Waals surface area contributed by atoms with Crippen molar-refractivity contribution in [3.8, 4) is 5.88 Å². The van der Waals surface area contributed by atoms with Crippen LogP contribution in [0.1, 0.15) is 34.1 Å². The van der Waals surface area contributed by atoms with Crippen molar-refractivity contribution in [2.45, 2.75) is 51.4 Å². The Morgan fingerprint density at radius 3 is 2.37 bits per heavy atom. The van der Waals surface area contributed by atoms with E-state index in [9.17, 15) is 23.1 Å². The minimum atomic E-state index is -4.95. The second-order valence-electron chi connectivity index (χ2n) is 7.26. The third-order valence-corrected chi connectivity index (χ3v) is 4.06. The molecule has 0 aliphatic carbocycles. The molecule has 2 heterocycles. The van der Waals surface area contributed by atoms with Crippen LogP contribution in [0.4, 0.5) is 19.1 Å². The Morgan fingerprint density at radius 1 is 1.30 bits per heavy atom. The lowest BCUT2D eigenvalue weighted by Crippen LogP contribution is -2.45. The molecule has 2 aromatic rings. The van der Waals surface area contributed by atoms with E-state index in [2.05, 4.69) is 15.3 Å². The fraction of sp³-hybridized carbons (Fsp3) is 0.562. The number of pyridine rings is 1. The van der Waals surface area contributed by atoms with Gasteiger partial charge in [-0.3, -0.25) is 14.7 Å². The van der Waals surface area contributed by atoms with Crippen LogP contribution >= 0.6 is 11.6 Å². The third kappa shape index (κ3) is 4.27. The fourth-order valence-electron chi connectivity index (χ4n) is 2.41. The van der Waals surface area contributed by atoms with Crippen LogP contribution in [0, 0.1) is 0 Å². The lowest BCUT2D eigenvalue weighted by Gasteiger charge is -2.26. The number of amides is 1. The average molecular weight is 409 g/mol. The summed E-state index contributed by atoms with van der Waals surface area (Å²) in [6, 6.07) is 1.48. The topological polar surface area (TPSA) is 89.3 Å². The number of anilines is 1. The van der Waals surface area contributed by atoms with Gasteiger partial charge in [0.15, 0.2) is 11.2 Å². The lowest BCUT2D eigenvalue weighted by atomic mass is 10.0. The number of rotatable bonds is 4. The number of nitrogens with one attached hydrogen (secondary N) is 1. The number of aliphatic hydroxyl groups is 1. The Kier molecular flexibility index (Phi) is 5.37. The van der Waals surface area contributed by atoms with Gasteiger partial charge in [-0.2, -0.15) is 18.2 Å². The van der Waals surface area contributed by atoms with E-state index in [1.54, 1.807) is 25.3 Å². The molecule has 2 aromatic heterocycles. The maximum Gasteiger partial charge on any atom is 0.417 e. The molecule has 0 saturated carbocycles. The number of ether oxygens (including phenoxy) is 1. The summed E-state index contributed by atoms with van der Waals surface area (Å²) in [6.45, 7) is 5.95. The average Bonchev–Trinajstić information content (AvgIpc) is 2.80. The van der Waals surface area contributed by atoms with Gasteiger partial charge in [0, 0.05) is 5.54 Å². The Hall–Kier alpha value is -2.07. The van der Waals surface area contributed by atoms with Crippen LogP contribution in [0.5, 0.6) is 5.88 Å². The SMILES string of the molecule is COc1nc2c(cc1Cl)nc(NC(=O)CC(C)(O)C(F)(F)F)n2C(C)(C)C. The number of imidazole rings is 1. The first-order valence-corrected chi connectivity index (χ1v) is 8.27. The standard InChI is InChI=1S/C16H20ClF3N4O3/c1-14(2,3)24-11-9(6-8(17)12(23-11)27-5)21-13(24)22-10(25)7-15(4,26)16(18,19)20/h6,26H,7H2,1-5H3,(H,21,22,25). The predicted molar refractivity (Wildman–Crippen MR) is 94.0 cm³/mol. The van der Waals surface area contributed by atoms with Gasteiger partial charge in [-0.15, -0.1) is 0 Å². The number of hydrogen-bond acceptors (Lipinski definition) is 5. The summed E-state index contributed by atoms with van der Waals surface area (Å²) in [5.41, 5.74) is -3.13. The van der Waals surface area contributed by atoms with Gasteiger partial charge in [0.1, 0.15) is 10.5 Å². The normalized spacial score (nSPS) is 14.9. The van der Waals surface area contributed by atoms with Crippen molar-refractivity contribution >= 4 is 34.6 Å². The van der Waals surface area contributed by atoms with Crippen molar-refractivity contribution in [1.29, 1.82) is 0 Å². The third-order valence-electron chi connectivity index (χ3n) is 3.79. The number of carbonyl (C=O) groups excluding carboxylic acids is 1. The highest BCUT2D eigenvalue weighted by molar-refractivity contribution is 6.32. The summed E-state index contributed by atoms with van der Waals surface area (Å²) in [7, 11) is 1.39. The van der Waals surface area contributed by atoms with E-state index < -0.39 is 29.6 Å². The van der Waals surface area contributed by atoms with Crippen LogP contribution < -0.4 is 10.1 Å². The van der Waals surface area contributed by atoms with Gasteiger partial charge in [-0.1, -0.05) is 11.6 Å². The second kappa shape index (κ2) is 6.83. The van der Waals surface area contributed by atoms with Crippen LogP contribution in [-0.4, -0.2) is 44.4 Å².